The number of rotatable bonds is 4. The Morgan fingerprint density at radius 2 is 1.66 bits per heavy atom. The van der Waals surface area contributed by atoms with Gasteiger partial charge in [-0.05, 0) is 68.0 Å². The highest BCUT2D eigenvalue weighted by Gasteiger charge is 2.20. The Kier molecular flexibility index (Phi) is 4.99. The van der Waals surface area contributed by atoms with Crippen molar-refractivity contribution >= 4 is 28.8 Å². The molecular weight excluding hydrogens is 360 g/mol. The number of piperidine rings is 1. The third-order valence-corrected chi connectivity index (χ3v) is 5.76. The fourth-order valence-electron chi connectivity index (χ4n) is 4.27. The van der Waals surface area contributed by atoms with Crippen LogP contribution in [0.1, 0.15) is 31.2 Å². The van der Waals surface area contributed by atoms with Gasteiger partial charge in [0.25, 0.3) is 5.95 Å². The number of aromatic nitrogens is 3. The zero-order valence-electron chi connectivity index (χ0n) is 16.6. The lowest BCUT2D eigenvalue weighted by Crippen LogP contribution is -2.29. The number of aryl methyl sites for hydroxylation is 1. The van der Waals surface area contributed by atoms with Crippen molar-refractivity contribution in [1.82, 2.24) is 15.2 Å². The number of hydrogen-bond donors (Lipinski definition) is 1. The summed E-state index contributed by atoms with van der Waals surface area (Å²) in [6.07, 6.45) is 7.79. The van der Waals surface area contributed by atoms with E-state index in [1.54, 1.807) is 6.20 Å². The van der Waals surface area contributed by atoms with Crippen molar-refractivity contribution < 1.29 is 0 Å². The van der Waals surface area contributed by atoms with Crippen LogP contribution in [0.5, 0.6) is 0 Å². The second-order valence-electron chi connectivity index (χ2n) is 7.75. The predicted octanol–water partition coefficient (Wildman–Crippen LogP) is 4.69. The van der Waals surface area contributed by atoms with Gasteiger partial charge in [-0.3, -0.25) is 0 Å². The minimum atomic E-state index is 0.645. The van der Waals surface area contributed by atoms with Gasteiger partial charge in [0.05, 0.1) is 6.20 Å². The minimum absolute atomic E-state index is 0.645. The molecule has 6 nitrogen and oxygen atoms in total. The summed E-state index contributed by atoms with van der Waals surface area (Å²) in [6, 6.07) is 17.1. The van der Waals surface area contributed by atoms with Crippen LogP contribution in [0.2, 0.25) is 0 Å². The molecule has 1 fully saturated rings. The minimum Gasteiger partial charge on any atom is -0.372 e. The van der Waals surface area contributed by atoms with Gasteiger partial charge in [-0.2, -0.15) is 10.1 Å². The summed E-state index contributed by atoms with van der Waals surface area (Å²) in [5.74, 6) is 1.36. The van der Waals surface area contributed by atoms with E-state index in [2.05, 4.69) is 73.8 Å². The molecule has 0 unspecified atom stereocenters. The highest BCUT2D eigenvalue weighted by atomic mass is 15.3. The van der Waals surface area contributed by atoms with Crippen molar-refractivity contribution in [2.24, 2.45) is 0 Å². The monoisotopic (exact) mass is 386 g/mol. The summed E-state index contributed by atoms with van der Waals surface area (Å²) in [5, 5.41) is 11.9. The quantitative estimate of drug-likeness (QED) is 0.702. The van der Waals surface area contributed by atoms with Gasteiger partial charge >= 0.3 is 0 Å². The maximum Gasteiger partial charge on any atom is 0.251 e. The number of nitrogens with one attached hydrogen (secondary N) is 1. The van der Waals surface area contributed by atoms with Crippen LogP contribution in [0.4, 0.5) is 28.8 Å². The number of para-hydroxylation sites is 1. The predicted molar refractivity (Wildman–Crippen MR) is 117 cm³/mol. The molecule has 29 heavy (non-hydrogen) atoms. The SMILES string of the molecule is c1ccc2c(c1)CCCN2c1nncc(Nc2ccc(N3CCCCC3)cc2)n1. The molecule has 6 heteroatoms. The van der Waals surface area contributed by atoms with E-state index in [1.807, 2.05) is 0 Å². The van der Waals surface area contributed by atoms with Crippen molar-refractivity contribution in [1.29, 1.82) is 0 Å². The first kappa shape index (κ1) is 17.9. The second kappa shape index (κ2) is 8.07. The third-order valence-electron chi connectivity index (χ3n) is 5.76. The van der Waals surface area contributed by atoms with Crippen LogP contribution in [0.25, 0.3) is 0 Å². The van der Waals surface area contributed by atoms with Crippen molar-refractivity contribution in [3.8, 4) is 0 Å². The van der Waals surface area contributed by atoms with Gasteiger partial charge in [-0.1, -0.05) is 18.2 Å². The van der Waals surface area contributed by atoms with Crippen LogP contribution in [0.3, 0.4) is 0 Å². The van der Waals surface area contributed by atoms with E-state index in [0.717, 1.165) is 38.2 Å². The second-order valence-corrected chi connectivity index (χ2v) is 7.75. The van der Waals surface area contributed by atoms with Crippen molar-refractivity contribution in [3.63, 3.8) is 0 Å². The van der Waals surface area contributed by atoms with Gasteiger partial charge in [0.2, 0.25) is 0 Å². The lowest BCUT2D eigenvalue weighted by Gasteiger charge is -2.29. The number of nitrogens with zero attached hydrogens (tertiary/aromatic N) is 5. The van der Waals surface area contributed by atoms with E-state index in [-0.39, 0.29) is 0 Å². The molecule has 0 bridgehead atoms. The number of hydrogen-bond acceptors (Lipinski definition) is 6. The van der Waals surface area contributed by atoms with Crippen molar-refractivity contribution in [2.45, 2.75) is 32.1 Å². The highest BCUT2D eigenvalue weighted by molar-refractivity contribution is 5.65. The molecule has 0 radical (unpaired) electrons. The third kappa shape index (κ3) is 3.88. The molecule has 1 aromatic heterocycles. The van der Waals surface area contributed by atoms with Crippen molar-refractivity contribution in [2.75, 3.05) is 34.8 Å². The fourth-order valence-corrected chi connectivity index (χ4v) is 4.27. The lowest BCUT2D eigenvalue weighted by molar-refractivity contribution is 0.578. The normalized spacial score (nSPS) is 16.4. The smallest absolute Gasteiger partial charge is 0.251 e. The van der Waals surface area contributed by atoms with E-state index >= 15 is 0 Å². The van der Waals surface area contributed by atoms with Crippen LogP contribution in [0, 0.1) is 0 Å². The Hall–Kier alpha value is -3.15. The van der Waals surface area contributed by atoms with Crippen LogP contribution >= 0.6 is 0 Å². The lowest BCUT2D eigenvalue weighted by atomic mass is 10.0. The molecule has 0 saturated carbocycles. The van der Waals surface area contributed by atoms with Gasteiger partial charge in [0.1, 0.15) is 0 Å². The number of fused-ring (bicyclic) bond motifs is 1. The van der Waals surface area contributed by atoms with E-state index in [4.69, 9.17) is 4.98 Å². The maximum absolute atomic E-state index is 4.73. The first-order valence-corrected chi connectivity index (χ1v) is 10.5. The standard InChI is InChI=1S/C23H26N6/c1-4-14-28(15-5-1)20-12-10-19(11-13-20)25-22-17-24-27-23(26-22)29-16-6-8-18-7-2-3-9-21(18)29/h2-3,7,9-13,17H,1,4-6,8,14-16H2,(H,25,26,27). The van der Waals surface area contributed by atoms with Gasteiger partial charge in [0.15, 0.2) is 5.82 Å². The van der Waals surface area contributed by atoms with Crippen LogP contribution < -0.4 is 15.1 Å². The summed E-state index contributed by atoms with van der Waals surface area (Å²) < 4.78 is 0. The zero-order chi connectivity index (χ0) is 19.5. The molecular formula is C23H26N6. The van der Waals surface area contributed by atoms with Gasteiger partial charge in [-0.15, -0.1) is 5.10 Å². The average molecular weight is 387 g/mol. The first-order chi connectivity index (χ1) is 14.4. The Labute approximate surface area is 171 Å². The summed E-state index contributed by atoms with van der Waals surface area (Å²) in [6.45, 7) is 3.22. The van der Waals surface area contributed by atoms with Gasteiger partial charge < -0.3 is 15.1 Å². The average Bonchev–Trinajstić information content (AvgIpc) is 2.80. The molecule has 0 atom stereocenters. The molecule has 2 aliphatic heterocycles. The largest absolute Gasteiger partial charge is 0.372 e. The Morgan fingerprint density at radius 3 is 2.52 bits per heavy atom. The van der Waals surface area contributed by atoms with Crippen LogP contribution in [-0.2, 0) is 6.42 Å². The van der Waals surface area contributed by atoms with Gasteiger partial charge in [-0.25, -0.2) is 0 Å². The highest BCUT2D eigenvalue weighted by Crippen LogP contribution is 2.31. The fraction of sp³-hybridized carbons (Fsp3) is 0.348. The summed E-state index contributed by atoms with van der Waals surface area (Å²) >= 11 is 0. The molecule has 1 N–H and O–H groups in total. The molecule has 0 spiro atoms. The van der Waals surface area contributed by atoms with Crippen molar-refractivity contribution in [3.05, 3.63) is 60.3 Å². The maximum atomic E-state index is 4.73. The molecule has 0 aliphatic carbocycles. The molecule has 5 rings (SSSR count). The molecule has 1 saturated heterocycles. The first-order valence-electron chi connectivity index (χ1n) is 10.5. The van der Waals surface area contributed by atoms with E-state index in [0.29, 0.717) is 11.8 Å². The number of anilines is 5. The molecule has 148 valence electrons. The molecule has 2 aromatic carbocycles. The number of benzene rings is 2. The Balaban J connectivity index is 1.33. The summed E-state index contributed by atoms with van der Waals surface area (Å²) in [7, 11) is 0. The zero-order valence-corrected chi connectivity index (χ0v) is 16.6. The Bertz CT molecular complexity index is 965. The topological polar surface area (TPSA) is 57.2 Å². The molecule has 0 amide bonds. The van der Waals surface area contributed by atoms with Gasteiger partial charge in [0, 0.05) is 36.7 Å². The Morgan fingerprint density at radius 1 is 0.828 bits per heavy atom. The van der Waals surface area contributed by atoms with E-state index in [1.165, 1.54) is 36.2 Å². The summed E-state index contributed by atoms with van der Waals surface area (Å²) in [4.78, 5) is 9.36. The van der Waals surface area contributed by atoms with E-state index < -0.39 is 0 Å². The molecule has 3 heterocycles. The summed E-state index contributed by atoms with van der Waals surface area (Å²) in [5.41, 5.74) is 4.83. The van der Waals surface area contributed by atoms with Crippen LogP contribution in [-0.4, -0.2) is 34.8 Å². The van der Waals surface area contributed by atoms with E-state index in [9.17, 15) is 0 Å². The van der Waals surface area contributed by atoms with Crippen LogP contribution in [0.15, 0.2) is 54.7 Å². The molecule has 3 aromatic rings. The molecule has 2 aliphatic rings.